The van der Waals surface area contributed by atoms with Crippen LogP contribution in [0.5, 0.6) is 0 Å². The molecule has 0 spiro atoms. The van der Waals surface area contributed by atoms with Crippen molar-refractivity contribution >= 4 is 28.5 Å². The summed E-state index contributed by atoms with van der Waals surface area (Å²) in [5, 5.41) is 17.0. The highest BCUT2D eigenvalue weighted by Crippen LogP contribution is 2.34. The Balaban J connectivity index is 1.05. The summed E-state index contributed by atoms with van der Waals surface area (Å²) in [5.41, 5.74) is 4.38. The fourth-order valence-corrected chi connectivity index (χ4v) is 4.96. The van der Waals surface area contributed by atoms with E-state index in [1.165, 1.54) is 18.3 Å². The summed E-state index contributed by atoms with van der Waals surface area (Å²) in [6.07, 6.45) is 8.52. The lowest BCUT2D eigenvalue weighted by atomic mass is 9.79. The molecule has 2 aliphatic rings. The molecular weight excluding hydrogens is 442 g/mol. The lowest BCUT2D eigenvalue weighted by molar-refractivity contribution is -0.138. The third-order valence-corrected chi connectivity index (χ3v) is 7.11. The summed E-state index contributed by atoms with van der Waals surface area (Å²) in [6.45, 7) is 3.42. The molecule has 8 heteroatoms. The third kappa shape index (κ3) is 5.70. The predicted molar refractivity (Wildman–Crippen MR) is 136 cm³/mol. The molecule has 0 radical (unpaired) electrons. The second-order valence-electron chi connectivity index (χ2n) is 9.78. The minimum Gasteiger partial charge on any atom is -0.480 e. The largest absolute Gasteiger partial charge is 0.480 e. The fourth-order valence-electron chi connectivity index (χ4n) is 4.96. The lowest BCUT2D eigenvalue weighted by Crippen LogP contribution is -2.35. The normalized spacial score (nSPS) is 19.9. The molecule has 0 saturated heterocycles. The van der Waals surface area contributed by atoms with E-state index in [4.69, 9.17) is 9.72 Å². The molecule has 3 N–H and O–H groups in total. The van der Waals surface area contributed by atoms with Gasteiger partial charge in [-0.25, -0.2) is 19.7 Å². The topological polar surface area (TPSA) is 109 Å². The number of nitrogens with one attached hydrogen (secondary N) is 2. The number of carbonyl (C=O) groups is 1. The number of hydrogen-bond donors (Lipinski definition) is 3. The number of aromatic nitrogens is 3. The molecule has 1 aliphatic carbocycles. The first-order valence-corrected chi connectivity index (χ1v) is 12.6. The first kappa shape index (κ1) is 23.5. The molecule has 3 heterocycles. The minimum atomic E-state index is -0.911. The van der Waals surface area contributed by atoms with Crippen molar-refractivity contribution in [1.29, 1.82) is 0 Å². The molecule has 1 aromatic carbocycles. The molecule has 2 aromatic heterocycles. The van der Waals surface area contributed by atoms with E-state index in [1.54, 1.807) is 0 Å². The molecule has 1 saturated carbocycles. The number of rotatable bonds is 10. The van der Waals surface area contributed by atoms with Gasteiger partial charge in [-0.3, -0.25) is 0 Å². The van der Waals surface area contributed by atoms with Crippen molar-refractivity contribution in [3.63, 3.8) is 0 Å². The predicted octanol–water partition coefficient (Wildman–Crippen LogP) is 4.37. The highest BCUT2D eigenvalue weighted by atomic mass is 16.5. The van der Waals surface area contributed by atoms with Gasteiger partial charge in [0.2, 0.25) is 0 Å². The molecule has 35 heavy (non-hydrogen) atoms. The van der Waals surface area contributed by atoms with Crippen LogP contribution in [0.2, 0.25) is 0 Å². The molecule has 1 fully saturated rings. The summed E-state index contributed by atoms with van der Waals surface area (Å²) in [7, 11) is 0. The van der Waals surface area contributed by atoms with Gasteiger partial charge in [0.1, 0.15) is 24.0 Å². The van der Waals surface area contributed by atoms with Crippen molar-refractivity contribution in [2.75, 3.05) is 23.8 Å². The number of nitrogens with zero attached hydrogens (tertiary/aromatic N) is 3. The molecule has 5 rings (SSSR count). The monoisotopic (exact) mass is 475 g/mol. The standard InChI is InChI=1S/C27H33N5O3/c1-17-4-9-22-24(13-17)29-16-30-26(22)32-23(27(33)34)10-12-35-21-14-18(15-21)5-7-20-8-6-19-3-2-11-28-25(19)31-20/h4,6,8-9,13,16,18,21,23H,2-3,5,7,10-12,14-15H2,1H3,(H,28,31)(H,33,34)(H,29,30,32)/t18-,21-,23-/m0/s1. The van der Waals surface area contributed by atoms with Gasteiger partial charge in [-0.05, 0) is 80.7 Å². The van der Waals surface area contributed by atoms with E-state index in [1.807, 2.05) is 25.1 Å². The maximum Gasteiger partial charge on any atom is 0.326 e. The van der Waals surface area contributed by atoms with Crippen LogP contribution in [0, 0.1) is 12.8 Å². The fraction of sp³-hybridized carbons (Fsp3) is 0.481. The molecular formula is C27H33N5O3. The Morgan fingerprint density at radius 1 is 1.26 bits per heavy atom. The molecule has 8 nitrogen and oxygen atoms in total. The van der Waals surface area contributed by atoms with Crippen LogP contribution in [-0.4, -0.2) is 51.3 Å². The average Bonchev–Trinajstić information content (AvgIpc) is 2.83. The summed E-state index contributed by atoms with van der Waals surface area (Å²) in [4.78, 5) is 25.2. The third-order valence-electron chi connectivity index (χ3n) is 7.11. The van der Waals surface area contributed by atoms with Crippen molar-refractivity contribution < 1.29 is 14.6 Å². The highest BCUT2D eigenvalue weighted by molar-refractivity contribution is 5.91. The molecule has 3 aromatic rings. The summed E-state index contributed by atoms with van der Waals surface area (Å²) in [5.74, 6) is 1.34. The van der Waals surface area contributed by atoms with E-state index in [2.05, 4.69) is 32.7 Å². The van der Waals surface area contributed by atoms with Gasteiger partial charge in [-0.2, -0.15) is 0 Å². The van der Waals surface area contributed by atoms with Crippen LogP contribution in [0.1, 0.15) is 48.9 Å². The Bertz CT molecular complexity index is 1190. The zero-order chi connectivity index (χ0) is 24.2. The first-order valence-electron chi connectivity index (χ1n) is 12.6. The van der Waals surface area contributed by atoms with Crippen LogP contribution in [0.15, 0.2) is 36.7 Å². The van der Waals surface area contributed by atoms with Crippen molar-refractivity contribution in [2.45, 2.75) is 64.0 Å². The van der Waals surface area contributed by atoms with Crippen LogP contribution in [-0.2, 0) is 22.4 Å². The van der Waals surface area contributed by atoms with Gasteiger partial charge >= 0.3 is 5.97 Å². The van der Waals surface area contributed by atoms with Gasteiger partial charge in [0.25, 0.3) is 0 Å². The number of fused-ring (bicyclic) bond motifs is 2. The van der Waals surface area contributed by atoms with Gasteiger partial charge < -0.3 is 20.5 Å². The quantitative estimate of drug-likeness (QED) is 0.396. The maximum absolute atomic E-state index is 11.8. The minimum absolute atomic E-state index is 0.218. The number of pyridine rings is 1. The second-order valence-corrected chi connectivity index (χ2v) is 9.78. The maximum atomic E-state index is 11.8. The Morgan fingerprint density at radius 3 is 3.00 bits per heavy atom. The Kier molecular flexibility index (Phi) is 7.08. The molecule has 0 bridgehead atoms. The zero-order valence-electron chi connectivity index (χ0n) is 20.2. The summed E-state index contributed by atoms with van der Waals surface area (Å²) < 4.78 is 5.99. The zero-order valence-corrected chi connectivity index (χ0v) is 20.2. The average molecular weight is 476 g/mol. The highest BCUT2D eigenvalue weighted by Gasteiger charge is 2.30. The van der Waals surface area contributed by atoms with E-state index in [0.29, 0.717) is 24.8 Å². The van der Waals surface area contributed by atoms with Crippen molar-refractivity contribution in [3.05, 3.63) is 53.5 Å². The van der Waals surface area contributed by atoms with Gasteiger partial charge in [0, 0.05) is 30.7 Å². The van der Waals surface area contributed by atoms with Gasteiger partial charge in [0.15, 0.2) is 0 Å². The number of aryl methyl sites for hydroxylation is 3. The molecule has 0 amide bonds. The van der Waals surface area contributed by atoms with Gasteiger partial charge in [-0.1, -0.05) is 12.1 Å². The van der Waals surface area contributed by atoms with E-state index in [0.717, 1.165) is 66.6 Å². The van der Waals surface area contributed by atoms with Crippen molar-refractivity contribution in [1.82, 2.24) is 15.0 Å². The van der Waals surface area contributed by atoms with Crippen LogP contribution < -0.4 is 10.6 Å². The summed E-state index contributed by atoms with van der Waals surface area (Å²) in [6, 6.07) is 9.48. The summed E-state index contributed by atoms with van der Waals surface area (Å²) >= 11 is 0. The number of benzene rings is 1. The van der Waals surface area contributed by atoms with E-state index in [-0.39, 0.29) is 6.10 Å². The smallest absolute Gasteiger partial charge is 0.326 e. The van der Waals surface area contributed by atoms with Gasteiger partial charge in [0.05, 0.1) is 11.6 Å². The molecule has 184 valence electrons. The van der Waals surface area contributed by atoms with Crippen molar-refractivity contribution in [2.24, 2.45) is 5.92 Å². The van der Waals surface area contributed by atoms with Crippen molar-refractivity contribution in [3.8, 4) is 0 Å². The number of carboxylic acids is 1. The number of carboxylic acid groups (broad SMARTS) is 1. The number of ether oxygens (including phenoxy) is 1. The Hall–Kier alpha value is -3.26. The molecule has 0 unspecified atom stereocenters. The number of aliphatic carboxylic acids is 1. The number of anilines is 2. The Morgan fingerprint density at radius 2 is 2.14 bits per heavy atom. The van der Waals surface area contributed by atoms with Crippen LogP contribution in [0.3, 0.4) is 0 Å². The van der Waals surface area contributed by atoms with Gasteiger partial charge in [-0.15, -0.1) is 0 Å². The van der Waals surface area contributed by atoms with Crippen LogP contribution in [0.4, 0.5) is 11.6 Å². The van der Waals surface area contributed by atoms with Crippen LogP contribution in [0.25, 0.3) is 10.9 Å². The SMILES string of the molecule is Cc1ccc2c(N[C@@H](CCO[C@H]3C[C@H](CCc4ccc5c(n4)NCCC5)C3)C(=O)O)ncnc2c1. The van der Waals surface area contributed by atoms with E-state index in [9.17, 15) is 9.90 Å². The second kappa shape index (κ2) is 10.6. The first-order chi connectivity index (χ1) is 17.0. The van der Waals surface area contributed by atoms with E-state index >= 15 is 0 Å². The van der Waals surface area contributed by atoms with Crippen LogP contribution >= 0.6 is 0 Å². The lowest BCUT2D eigenvalue weighted by Gasteiger charge is -2.35. The molecule has 1 aliphatic heterocycles. The van der Waals surface area contributed by atoms with E-state index < -0.39 is 12.0 Å². The Labute approximate surface area is 205 Å². The number of hydrogen-bond acceptors (Lipinski definition) is 7. The molecule has 1 atom stereocenters.